The second-order valence-corrected chi connectivity index (χ2v) is 7.10. The van der Waals surface area contributed by atoms with Gasteiger partial charge in [0, 0.05) is 19.1 Å². The van der Waals surface area contributed by atoms with Crippen molar-refractivity contribution in [3.05, 3.63) is 29.8 Å². The van der Waals surface area contributed by atoms with Crippen LogP contribution in [0.25, 0.3) is 0 Å². The summed E-state index contributed by atoms with van der Waals surface area (Å²) >= 11 is 0. The maximum atomic E-state index is 12.3. The smallest absolute Gasteiger partial charge is 0.240 e. The molecule has 1 aliphatic rings. The zero-order valence-electron chi connectivity index (χ0n) is 11.9. The van der Waals surface area contributed by atoms with Gasteiger partial charge in [-0.2, -0.15) is 0 Å². The predicted molar refractivity (Wildman–Crippen MR) is 79.8 cm³/mol. The van der Waals surface area contributed by atoms with Crippen molar-refractivity contribution < 1.29 is 8.42 Å². The molecule has 0 spiro atoms. The van der Waals surface area contributed by atoms with Crippen molar-refractivity contribution in [2.24, 2.45) is 5.73 Å². The molecule has 3 N–H and O–H groups in total. The highest BCUT2D eigenvalue weighted by molar-refractivity contribution is 7.89. The van der Waals surface area contributed by atoms with Crippen molar-refractivity contribution in [1.82, 2.24) is 9.62 Å². The van der Waals surface area contributed by atoms with Gasteiger partial charge >= 0.3 is 0 Å². The van der Waals surface area contributed by atoms with Crippen LogP contribution in [0, 0.1) is 0 Å². The number of likely N-dealkylation sites (tertiary alicyclic amines) is 1. The fourth-order valence-corrected chi connectivity index (χ4v) is 3.87. The minimum absolute atomic E-state index is 0.0976. The summed E-state index contributed by atoms with van der Waals surface area (Å²) in [6.07, 6.45) is 2.41. The van der Waals surface area contributed by atoms with Crippen LogP contribution in [0.4, 0.5) is 0 Å². The second kappa shape index (κ2) is 6.67. The van der Waals surface area contributed by atoms with Gasteiger partial charge in [-0.3, -0.25) is 0 Å². The minimum Gasteiger partial charge on any atom is -0.326 e. The van der Waals surface area contributed by atoms with E-state index in [1.54, 1.807) is 18.2 Å². The molecule has 112 valence electrons. The van der Waals surface area contributed by atoms with E-state index in [9.17, 15) is 8.42 Å². The Morgan fingerprint density at radius 2 is 2.05 bits per heavy atom. The summed E-state index contributed by atoms with van der Waals surface area (Å²) < 4.78 is 27.4. The highest BCUT2D eigenvalue weighted by atomic mass is 32.2. The summed E-state index contributed by atoms with van der Waals surface area (Å²) in [4.78, 5) is 2.58. The van der Waals surface area contributed by atoms with E-state index in [-0.39, 0.29) is 10.9 Å². The molecule has 0 amide bonds. The first-order valence-electron chi connectivity index (χ1n) is 7.05. The van der Waals surface area contributed by atoms with Gasteiger partial charge in [0.1, 0.15) is 0 Å². The molecule has 5 nitrogen and oxygen atoms in total. The van der Waals surface area contributed by atoms with Gasteiger partial charge in [-0.05, 0) is 50.6 Å². The van der Waals surface area contributed by atoms with Crippen LogP contribution in [0.5, 0.6) is 0 Å². The van der Waals surface area contributed by atoms with Crippen molar-refractivity contribution >= 4 is 10.0 Å². The molecule has 1 aliphatic heterocycles. The lowest BCUT2D eigenvalue weighted by atomic mass is 10.2. The molecule has 0 bridgehead atoms. The van der Waals surface area contributed by atoms with E-state index in [0.29, 0.717) is 6.54 Å². The molecular weight excluding hydrogens is 274 g/mol. The standard InChI is InChI=1S/C14H23N3O2S/c1-12(11-17-7-2-3-8-17)16-20(18,19)14-6-4-5-13(9-14)10-15/h4-6,9,12,16H,2-3,7-8,10-11,15H2,1H3. The summed E-state index contributed by atoms with van der Waals surface area (Å²) in [5.41, 5.74) is 6.37. The fraction of sp³-hybridized carbons (Fsp3) is 0.571. The van der Waals surface area contributed by atoms with Crippen molar-refractivity contribution in [1.29, 1.82) is 0 Å². The van der Waals surface area contributed by atoms with Crippen LogP contribution in [0.1, 0.15) is 25.3 Å². The van der Waals surface area contributed by atoms with Gasteiger partial charge in [0.2, 0.25) is 10.0 Å². The van der Waals surface area contributed by atoms with Gasteiger partial charge in [-0.25, -0.2) is 13.1 Å². The molecule has 1 heterocycles. The Morgan fingerprint density at radius 1 is 1.35 bits per heavy atom. The molecule has 0 radical (unpaired) electrons. The summed E-state index contributed by atoms with van der Waals surface area (Å²) in [6, 6.07) is 6.68. The van der Waals surface area contributed by atoms with Crippen LogP contribution in [-0.4, -0.2) is 39.0 Å². The lowest BCUT2D eigenvalue weighted by Gasteiger charge is -2.21. The van der Waals surface area contributed by atoms with Crippen molar-refractivity contribution in [3.8, 4) is 0 Å². The highest BCUT2D eigenvalue weighted by Crippen LogP contribution is 2.13. The average molecular weight is 297 g/mol. The normalized spacial score (nSPS) is 18.3. The van der Waals surface area contributed by atoms with Crippen molar-refractivity contribution in [2.45, 2.75) is 37.2 Å². The van der Waals surface area contributed by atoms with Gasteiger partial charge < -0.3 is 10.6 Å². The monoisotopic (exact) mass is 297 g/mol. The summed E-state index contributed by atoms with van der Waals surface area (Å²) in [7, 11) is -3.47. The number of sulfonamides is 1. The number of benzene rings is 1. The Bertz CT molecular complexity index is 539. The van der Waals surface area contributed by atoms with E-state index in [2.05, 4.69) is 9.62 Å². The van der Waals surface area contributed by atoms with E-state index in [4.69, 9.17) is 5.73 Å². The van der Waals surface area contributed by atoms with Gasteiger partial charge in [0.05, 0.1) is 4.90 Å². The molecule has 0 aromatic heterocycles. The van der Waals surface area contributed by atoms with Gasteiger partial charge in [-0.1, -0.05) is 12.1 Å². The van der Waals surface area contributed by atoms with Crippen molar-refractivity contribution in [3.63, 3.8) is 0 Å². The first kappa shape index (κ1) is 15.4. The number of nitrogens with zero attached hydrogens (tertiary/aromatic N) is 1. The van der Waals surface area contributed by atoms with E-state index in [1.807, 2.05) is 13.0 Å². The molecule has 0 saturated carbocycles. The molecule has 1 fully saturated rings. The van der Waals surface area contributed by atoms with E-state index in [0.717, 1.165) is 25.2 Å². The molecule has 0 aliphatic carbocycles. The van der Waals surface area contributed by atoms with Gasteiger partial charge in [0.25, 0.3) is 0 Å². The Hall–Kier alpha value is -0.950. The zero-order valence-corrected chi connectivity index (χ0v) is 12.7. The Labute approximate surface area is 121 Å². The number of rotatable bonds is 6. The fourth-order valence-electron chi connectivity index (χ4n) is 2.56. The van der Waals surface area contributed by atoms with Crippen LogP contribution in [0.15, 0.2) is 29.2 Å². The average Bonchev–Trinajstić information content (AvgIpc) is 2.91. The maximum Gasteiger partial charge on any atom is 0.240 e. The van der Waals surface area contributed by atoms with Crippen LogP contribution in [-0.2, 0) is 16.6 Å². The predicted octanol–water partition coefficient (Wildman–Crippen LogP) is 0.908. The topological polar surface area (TPSA) is 75.4 Å². The van der Waals surface area contributed by atoms with Crippen LogP contribution in [0.2, 0.25) is 0 Å². The Kier molecular flexibility index (Phi) is 5.15. The van der Waals surface area contributed by atoms with E-state index < -0.39 is 10.0 Å². The lowest BCUT2D eigenvalue weighted by molar-refractivity contribution is 0.313. The minimum atomic E-state index is -3.47. The third-order valence-electron chi connectivity index (χ3n) is 3.53. The molecule has 2 rings (SSSR count). The summed E-state index contributed by atoms with van der Waals surface area (Å²) in [5, 5.41) is 0. The molecule has 20 heavy (non-hydrogen) atoms. The summed E-state index contributed by atoms with van der Waals surface area (Å²) in [5.74, 6) is 0. The maximum absolute atomic E-state index is 12.3. The van der Waals surface area contributed by atoms with Crippen LogP contribution < -0.4 is 10.5 Å². The first-order valence-corrected chi connectivity index (χ1v) is 8.53. The third-order valence-corrected chi connectivity index (χ3v) is 5.12. The largest absolute Gasteiger partial charge is 0.326 e. The number of hydrogen-bond acceptors (Lipinski definition) is 4. The Balaban J connectivity index is 2.01. The molecule has 1 aromatic carbocycles. The van der Waals surface area contributed by atoms with E-state index >= 15 is 0 Å². The molecule has 6 heteroatoms. The summed E-state index contributed by atoms with van der Waals surface area (Å²) in [6.45, 7) is 5.13. The quantitative estimate of drug-likeness (QED) is 0.818. The van der Waals surface area contributed by atoms with Crippen LogP contribution in [0.3, 0.4) is 0 Å². The number of hydrogen-bond donors (Lipinski definition) is 2. The second-order valence-electron chi connectivity index (χ2n) is 5.38. The Morgan fingerprint density at radius 3 is 2.70 bits per heavy atom. The van der Waals surface area contributed by atoms with Crippen molar-refractivity contribution in [2.75, 3.05) is 19.6 Å². The first-order chi connectivity index (χ1) is 9.51. The van der Waals surface area contributed by atoms with Gasteiger partial charge in [-0.15, -0.1) is 0 Å². The molecule has 1 saturated heterocycles. The third kappa shape index (κ3) is 4.02. The number of nitrogens with one attached hydrogen (secondary N) is 1. The molecule has 1 aromatic rings. The van der Waals surface area contributed by atoms with Crippen LogP contribution >= 0.6 is 0 Å². The zero-order chi connectivity index (χ0) is 14.6. The highest BCUT2D eigenvalue weighted by Gasteiger charge is 2.20. The molecule has 1 unspecified atom stereocenters. The number of nitrogens with two attached hydrogens (primary N) is 1. The molecule has 1 atom stereocenters. The van der Waals surface area contributed by atoms with E-state index in [1.165, 1.54) is 12.8 Å². The molecular formula is C14H23N3O2S. The van der Waals surface area contributed by atoms with Gasteiger partial charge in [0.15, 0.2) is 0 Å². The SMILES string of the molecule is CC(CN1CCCC1)NS(=O)(=O)c1cccc(CN)c1. The lowest BCUT2D eigenvalue weighted by Crippen LogP contribution is -2.41.